The number of nitrogens with one attached hydrogen (secondary N) is 1. The molecule has 0 bridgehead atoms. The van der Waals surface area contributed by atoms with Crippen LogP contribution in [-0.4, -0.2) is 42.1 Å². The Kier molecular flexibility index (Phi) is 8.71. The van der Waals surface area contributed by atoms with Crippen LogP contribution in [0.25, 0.3) is 0 Å². The van der Waals surface area contributed by atoms with Gasteiger partial charge in [0.25, 0.3) is 0 Å². The van der Waals surface area contributed by atoms with Crippen LogP contribution < -0.4 is 5.32 Å². The molecule has 3 nitrogen and oxygen atoms in total. The first kappa shape index (κ1) is 19.3. The lowest BCUT2D eigenvalue weighted by Gasteiger charge is -2.29. The van der Waals surface area contributed by atoms with Crippen molar-refractivity contribution in [3.05, 3.63) is 0 Å². The molecular formula is C14H35NO2Si2. The Bertz CT molecular complexity index is 213. The lowest BCUT2D eigenvalue weighted by Crippen LogP contribution is -2.48. The average Bonchev–Trinajstić information content (AvgIpc) is 2.25. The monoisotopic (exact) mass is 305 g/mol. The zero-order chi connectivity index (χ0) is 15.1. The smallest absolute Gasteiger partial charge is 0.178 e. The van der Waals surface area contributed by atoms with E-state index in [1.807, 2.05) is 0 Å². The SMILES string of the molecule is CCC(NC(CC)[SiH2]OC(C)(C)C)[SiH2]OC(C)(C)C. The van der Waals surface area contributed by atoms with E-state index in [9.17, 15) is 0 Å². The van der Waals surface area contributed by atoms with E-state index >= 15 is 0 Å². The lowest BCUT2D eigenvalue weighted by molar-refractivity contribution is 0.129. The maximum Gasteiger partial charge on any atom is 0.178 e. The van der Waals surface area contributed by atoms with E-state index in [1.54, 1.807) is 0 Å². The van der Waals surface area contributed by atoms with Gasteiger partial charge in [-0.05, 0) is 54.4 Å². The van der Waals surface area contributed by atoms with Crippen LogP contribution in [0.1, 0.15) is 68.2 Å². The van der Waals surface area contributed by atoms with Gasteiger partial charge in [-0.15, -0.1) is 0 Å². The molecular weight excluding hydrogens is 270 g/mol. The van der Waals surface area contributed by atoms with Crippen LogP contribution in [0.3, 0.4) is 0 Å². The normalized spacial score (nSPS) is 17.7. The summed E-state index contributed by atoms with van der Waals surface area (Å²) in [6.07, 6.45) is 2.31. The molecule has 19 heavy (non-hydrogen) atoms. The minimum atomic E-state index is -0.527. The van der Waals surface area contributed by atoms with Gasteiger partial charge in [0, 0.05) is 22.5 Å². The summed E-state index contributed by atoms with van der Waals surface area (Å²) in [4.78, 5) is 0. The van der Waals surface area contributed by atoms with Crippen LogP contribution in [0.5, 0.6) is 0 Å². The van der Waals surface area contributed by atoms with Crippen LogP contribution in [0, 0.1) is 0 Å². The first-order valence-electron chi connectivity index (χ1n) is 7.61. The third-order valence-corrected chi connectivity index (χ3v) is 7.39. The van der Waals surface area contributed by atoms with Crippen LogP contribution in [0.15, 0.2) is 0 Å². The van der Waals surface area contributed by atoms with E-state index < -0.39 is 19.5 Å². The molecule has 0 aliphatic heterocycles. The molecule has 5 heteroatoms. The zero-order valence-corrected chi connectivity index (χ0v) is 17.1. The standard InChI is InChI=1S/C14H35NO2Si2/c1-9-11(18-16-13(3,4)5)15-12(10-2)19-17-14(6,7)8/h11-12,15H,9-10,18-19H2,1-8H3. The van der Waals surface area contributed by atoms with Crippen LogP contribution >= 0.6 is 0 Å². The average molecular weight is 306 g/mol. The van der Waals surface area contributed by atoms with Crippen molar-refractivity contribution in [3.63, 3.8) is 0 Å². The Hall–Kier alpha value is 0.314. The van der Waals surface area contributed by atoms with Gasteiger partial charge in [0.15, 0.2) is 19.5 Å². The summed E-state index contributed by atoms with van der Waals surface area (Å²) in [7, 11) is -1.05. The third-order valence-electron chi connectivity index (χ3n) is 2.89. The van der Waals surface area contributed by atoms with Crippen molar-refractivity contribution in [1.82, 2.24) is 5.32 Å². The molecule has 0 amide bonds. The predicted molar refractivity (Wildman–Crippen MR) is 90.1 cm³/mol. The fourth-order valence-corrected chi connectivity index (χ4v) is 4.67. The lowest BCUT2D eigenvalue weighted by atomic mass is 10.2. The van der Waals surface area contributed by atoms with E-state index in [1.165, 1.54) is 0 Å². The van der Waals surface area contributed by atoms with Gasteiger partial charge < -0.3 is 14.2 Å². The van der Waals surface area contributed by atoms with E-state index in [0.29, 0.717) is 11.3 Å². The van der Waals surface area contributed by atoms with Crippen molar-refractivity contribution in [2.45, 2.75) is 90.8 Å². The first-order valence-corrected chi connectivity index (χ1v) is 10.4. The fourth-order valence-electron chi connectivity index (χ4n) is 1.60. The molecule has 2 unspecified atom stereocenters. The van der Waals surface area contributed by atoms with Crippen molar-refractivity contribution in [1.29, 1.82) is 0 Å². The van der Waals surface area contributed by atoms with Crippen molar-refractivity contribution in [2.75, 3.05) is 0 Å². The Morgan fingerprint density at radius 2 is 1.11 bits per heavy atom. The van der Waals surface area contributed by atoms with Crippen LogP contribution in [0.2, 0.25) is 0 Å². The van der Waals surface area contributed by atoms with Gasteiger partial charge >= 0.3 is 0 Å². The largest absolute Gasteiger partial charge is 0.418 e. The molecule has 0 aromatic rings. The molecule has 0 heterocycles. The van der Waals surface area contributed by atoms with E-state index in [-0.39, 0.29) is 11.2 Å². The molecule has 0 aliphatic rings. The highest BCUT2D eigenvalue weighted by Gasteiger charge is 2.20. The Labute approximate surface area is 125 Å². The zero-order valence-electron chi connectivity index (χ0n) is 14.3. The second kappa shape index (κ2) is 8.57. The van der Waals surface area contributed by atoms with Crippen molar-refractivity contribution < 1.29 is 8.85 Å². The molecule has 116 valence electrons. The molecule has 0 aromatic heterocycles. The molecule has 2 atom stereocenters. The second-order valence-electron chi connectivity index (χ2n) is 7.22. The molecule has 0 rings (SSSR count). The molecule has 0 aliphatic carbocycles. The number of rotatable bonds is 8. The molecule has 0 aromatic carbocycles. The van der Waals surface area contributed by atoms with Crippen LogP contribution in [-0.2, 0) is 8.85 Å². The Balaban J connectivity index is 4.17. The van der Waals surface area contributed by atoms with E-state index in [4.69, 9.17) is 8.85 Å². The molecule has 0 spiro atoms. The Morgan fingerprint density at radius 3 is 1.32 bits per heavy atom. The van der Waals surface area contributed by atoms with Crippen molar-refractivity contribution in [3.8, 4) is 0 Å². The van der Waals surface area contributed by atoms with Gasteiger partial charge in [-0.25, -0.2) is 0 Å². The fraction of sp³-hybridized carbons (Fsp3) is 1.00. The summed E-state index contributed by atoms with van der Waals surface area (Å²) >= 11 is 0. The first-order chi connectivity index (χ1) is 8.57. The molecule has 0 saturated carbocycles. The summed E-state index contributed by atoms with van der Waals surface area (Å²) in [5.74, 6) is 0. The van der Waals surface area contributed by atoms with Gasteiger partial charge in [0.1, 0.15) is 0 Å². The highest BCUT2D eigenvalue weighted by Crippen LogP contribution is 2.09. The summed E-state index contributed by atoms with van der Waals surface area (Å²) in [5, 5.41) is 3.77. The summed E-state index contributed by atoms with van der Waals surface area (Å²) in [6.45, 7) is 17.3. The highest BCUT2D eigenvalue weighted by molar-refractivity contribution is 6.32. The molecule has 0 fully saturated rings. The van der Waals surface area contributed by atoms with Gasteiger partial charge in [-0.2, -0.15) is 0 Å². The summed E-state index contributed by atoms with van der Waals surface area (Å²) in [6, 6.07) is 0. The van der Waals surface area contributed by atoms with E-state index in [0.717, 1.165) is 12.8 Å². The van der Waals surface area contributed by atoms with Crippen molar-refractivity contribution >= 4 is 19.5 Å². The minimum absolute atomic E-state index is 0.00235. The maximum atomic E-state index is 6.02. The third kappa shape index (κ3) is 11.8. The number of hydrogen-bond donors (Lipinski definition) is 1. The predicted octanol–water partition coefficient (Wildman–Crippen LogP) is 1.85. The molecule has 0 saturated heterocycles. The van der Waals surface area contributed by atoms with Gasteiger partial charge in [-0.1, -0.05) is 13.8 Å². The summed E-state index contributed by atoms with van der Waals surface area (Å²) < 4.78 is 12.0. The van der Waals surface area contributed by atoms with Crippen molar-refractivity contribution in [2.24, 2.45) is 0 Å². The topological polar surface area (TPSA) is 30.5 Å². The van der Waals surface area contributed by atoms with Gasteiger partial charge in [-0.3, -0.25) is 0 Å². The Morgan fingerprint density at radius 1 is 0.789 bits per heavy atom. The van der Waals surface area contributed by atoms with Crippen LogP contribution in [0.4, 0.5) is 0 Å². The summed E-state index contributed by atoms with van der Waals surface area (Å²) in [5.41, 5.74) is 1.14. The quantitative estimate of drug-likeness (QED) is 0.694. The van der Waals surface area contributed by atoms with Gasteiger partial charge in [0.2, 0.25) is 0 Å². The second-order valence-corrected chi connectivity index (χ2v) is 10.4. The van der Waals surface area contributed by atoms with Gasteiger partial charge in [0.05, 0.1) is 0 Å². The molecule has 1 N–H and O–H groups in total. The highest BCUT2D eigenvalue weighted by atomic mass is 28.2. The maximum absolute atomic E-state index is 6.02. The van der Waals surface area contributed by atoms with E-state index in [2.05, 4.69) is 60.7 Å². The molecule has 0 radical (unpaired) electrons. The number of hydrogen-bond acceptors (Lipinski definition) is 3. The minimum Gasteiger partial charge on any atom is -0.418 e.